The van der Waals surface area contributed by atoms with E-state index in [4.69, 9.17) is 4.74 Å². The summed E-state index contributed by atoms with van der Waals surface area (Å²) in [5.41, 5.74) is 1.50. The monoisotopic (exact) mass is 342 g/mol. The van der Waals surface area contributed by atoms with E-state index in [0.29, 0.717) is 41.8 Å². The number of rotatable bonds is 2. The molecule has 7 atom stereocenters. The molecule has 4 aliphatic carbocycles. The van der Waals surface area contributed by atoms with E-state index in [1.807, 2.05) is 6.08 Å². The molecule has 3 saturated carbocycles. The second-order valence-electron chi connectivity index (χ2n) is 9.00. The Kier molecular flexibility index (Phi) is 4.16. The van der Waals surface area contributed by atoms with Crippen molar-refractivity contribution in [2.75, 3.05) is 0 Å². The van der Waals surface area contributed by atoms with Gasteiger partial charge >= 0.3 is 5.97 Å². The summed E-state index contributed by atoms with van der Waals surface area (Å²) in [6.07, 6.45) is 11.4. The highest BCUT2D eigenvalue weighted by Crippen LogP contribution is 2.63. The first-order chi connectivity index (χ1) is 11.9. The zero-order chi connectivity index (χ0) is 17.8. The van der Waals surface area contributed by atoms with E-state index in [1.54, 1.807) is 0 Å². The molecule has 3 fully saturated rings. The molecule has 0 saturated heterocycles. The van der Waals surface area contributed by atoms with Crippen molar-refractivity contribution in [2.24, 2.45) is 35.0 Å². The number of allylic oxidation sites excluding steroid dienone is 2. The molecule has 0 unspecified atom stereocenters. The lowest BCUT2D eigenvalue weighted by atomic mass is 9.49. The van der Waals surface area contributed by atoms with Crippen LogP contribution in [-0.2, 0) is 14.3 Å². The van der Waals surface area contributed by atoms with E-state index >= 15 is 0 Å². The zero-order valence-corrected chi connectivity index (χ0v) is 15.5. The number of carbonyl (C=O) groups excluding carboxylic acids is 2. The van der Waals surface area contributed by atoms with Crippen molar-refractivity contribution in [2.45, 2.75) is 64.9 Å². The molecule has 136 valence electrons. The van der Waals surface area contributed by atoms with Gasteiger partial charge in [-0.2, -0.15) is 0 Å². The van der Waals surface area contributed by atoms with E-state index in [0.717, 1.165) is 32.1 Å². The molecule has 0 amide bonds. The van der Waals surface area contributed by atoms with Crippen LogP contribution in [0.2, 0.25) is 0 Å². The third-order valence-electron chi connectivity index (χ3n) is 7.92. The quantitative estimate of drug-likeness (QED) is 0.549. The van der Waals surface area contributed by atoms with Gasteiger partial charge in [0.1, 0.15) is 6.10 Å². The maximum Gasteiger partial charge on any atom is 0.302 e. The summed E-state index contributed by atoms with van der Waals surface area (Å²) in [5.74, 6) is 3.13. The molecular formula is C22H30O3. The zero-order valence-electron chi connectivity index (χ0n) is 15.5. The summed E-state index contributed by atoms with van der Waals surface area (Å²) < 4.78 is 5.73. The first-order valence-electron chi connectivity index (χ1n) is 9.97. The number of ketones is 1. The highest BCUT2D eigenvalue weighted by Gasteiger charge is 2.59. The Morgan fingerprint density at radius 1 is 1.32 bits per heavy atom. The smallest absolute Gasteiger partial charge is 0.302 e. The van der Waals surface area contributed by atoms with Crippen molar-refractivity contribution in [3.8, 4) is 0 Å². The van der Waals surface area contributed by atoms with Crippen molar-refractivity contribution >= 4 is 11.8 Å². The van der Waals surface area contributed by atoms with E-state index < -0.39 is 0 Å². The molecule has 0 bridgehead atoms. The molecule has 3 nitrogen and oxygen atoms in total. The van der Waals surface area contributed by atoms with Crippen LogP contribution in [0.4, 0.5) is 0 Å². The van der Waals surface area contributed by atoms with Crippen molar-refractivity contribution in [1.29, 1.82) is 0 Å². The van der Waals surface area contributed by atoms with Crippen molar-refractivity contribution in [1.82, 2.24) is 0 Å². The summed E-state index contributed by atoms with van der Waals surface area (Å²) in [5, 5.41) is 0. The molecule has 0 aliphatic heterocycles. The van der Waals surface area contributed by atoms with Crippen LogP contribution in [0.15, 0.2) is 24.3 Å². The Morgan fingerprint density at radius 2 is 2.12 bits per heavy atom. The van der Waals surface area contributed by atoms with Crippen LogP contribution < -0.4 is 0 Å². The third kappa shape index (κ3) is 2.62. The van der Waals surface area contributed by atoms with Gasteiger partial charge in [-0.25, -0.2) is 0 Å². The van der Waals surface area contributed by atoms with E-state index in [9.17, 15) is 9.59 Å². The molecule has 4 rings (SSSR count). The normalized spacial score (nSPS) is 45.7. The summed E-state index contributed by atoms with van der Waals surface area (Å²) in [4.78, 5) is 23.5. The molecule has 25 heavy (non-hydrogen) atoms. The Balaban J connectivity index is 1.66. The van der Waals surface area contributed by atoms with Crippen LogP contribution in [0.5, 0.6) is 0 Å². The number of esters is 1. The molecule has 0 spiro atoms. The minimum Gasteiger partial charge on any atom is -0.462 e. The number of hydrogen-bond acceptors (Lipinski definition) is 3. The summed E-state index contributed by atoms with van der Waals surface area (Å²) >= 11 is 0. The fraction of sp³-hybridized carbons (Fsp3) is 0.727. The average Bonchev–Trinajstić information content (AvgIpc) is 2.89. The van der Waals surface area contributed by atoms with E-state index in [1.165, 1.54) is 18.9 Å². The van der Waals surface area contributed by atoms with E-state index in [-0.39, 0.29) is 17.5 Å². The van der Waals surface area contributed by atoms with E-state index in [2.05, 4.69) is 19.6 Å². The first kappa shape index (κ1) is 17.1. The molecule has 3 heteroatoms. The molecule has 0 radical (unpaired) electrons. The Hall–Kier alpha value is -1.38. The van der Waals surface area contributed by atoms with Gasteiger partial charge in [0.25, 0.3) is 0 Å². The number of hydrogen-bond donors (Lipinski definition) is 0. The molecule has 0 aromatic rings. The number of fused-ring (bicyclic) bond motifs is 5. The van der Waals surface area contributed by atoms with Gasteiger partial charge in [-0.1, -0.05) is 18.6 Å². The minimum absolute atomic E-state index is 0.0753. The summed E-state index contributed by atoms with van der Waals surface area (Å²) in [7, 11) is 0. The summed E-state index contributed by atoms with van der Waals surface area (Å²) in [6.45, 7) is 8.02. The van der Waals surface area contributed by atoms with Crippen LogP contribution in [0.1, 0.15) is 58.8 Å². The van der Waals surface area contributed by atoms with Crippen LogP contribution in [0.25, 0.3) is 0 Å². The third-order valence-corrected chi connectivity index (χ3v) is 7.92. The highest BCUT2D eigenvalue weighted by atomic mass is 16.5. The SMILES string of the molecule is C=C[C@@H]1CC2=CC(=O)CC[C@@H]2[C@H]2CC[C@]3(C)[C@@H](OC(C)=O)CC[C@H]3[C@@H]21. The maximum atomic E-state index is 11.9. The predicted molar refractivity (Wildman–Crippen MR) is 96.7 cm³/mol. The molecule has 0 aromatic carbocycles. The minimum atomic E-state index is -0.145. The molecule has 0 heterocycles. The van der Waals surface area contributed by atoms with Crippen molar-refractivity contribution < 1.29 is 14.3 Å². The van der Waals surface area contributed by atoms with Gasteiger partial charge in [-0.05, 0) is 74.2 Å². The number of carbonyl (C=O) groups is 2. The first-order valence-corrected chi connectivity index (χ1v) is 9.97. The van der Waals surface area contributed by atoms with Gasteiger partial charge in [-0.15, -0.1) is 6.58 Å². The van der Waals surface area contributed by atoms with Crippen LogP contribution in [0, 0.1) is 35.0 Å². The fourth-order valence-corrected chi connectivity index (χ4v) is 6.87. The van der Waals surface area contributed by atoms with Gasteiger partial charge in [-0.3, -0.25) is 9.59 Å². The second-order valence-corrected chi connectivity index (χ2v) is 9.00. The van der Waals surface area contributed by atoms with Gasteiger partial charge in [0, 0.05) is 18.8 Å². The van der Waals surface area contributed by atoms with Gasteiger partial charge in [0.2, 0.25) is 0 Å². The van der Waals surface area contributed by atoms with Gasteiger partial charge < -0.3 is 4.74 Å². The standard InChI is InChI=1S/C22H30O3/c1-4-14-11-15-12-16(24)5-6-17(15)18-9-10-22(3)19(21(14)18)7-8-20(22)25-13(2)23/h4,12,14,17-21H,1,5-11H2,2-3H3/t14-,17+,18-,19+,20+,21-,22+/m1/s1. The van der Waals surface area contributed by atoms with Crippen molar-refractivity contribution in [3.05, 3.63) is 24.3 Å². The lowest BCUT2D eigenvalue weighted by molar-refractivity contribution is -0.156. The lowest BCUT2D eigenvalue weighted by Gasteiger charge is -2.55. The molecule has 4 aliphatic rings. The van der Waals surface area contributed by atoms with Crippen LogP contribution in [-0.4, -0.2) is 17.9 Å². The molecule has 0 aromatic heterocycles. The van der Waals surface area contributed by atoms with Gasteiger partial charge in [0.05, 0.1) is 0 Å². The Labute approximate surface area is 150 Å². The predicted octanol–water partition coefficient (Wildman–Crippen LogP) is 4.47. The van der Waals surface area contributed by atoms with Gasteiger partial charge in [0.15, 0.2) is 5.78 Å². The fourth-order valence-electron chi connectivity index (χ4n) is 6.87. The second kappa shape index (κ2) is 6.10. The lowest BCUT2D eigenvalue weighted by Crippen LogP contribution is -2.51. The van der Waals surface area contributed by atoms with Crippen LogP contribution >= 0.6 is 0 Å². The topological polar surface area (TPSA) is 43.4 Å². The van der Waals surface area contributed by atoms with Crippen molar-refractivity contribution in [3.63, 3.8) is 0 Å². The van der Waals surface area contributed by atoms with Crippen LogP contribution in [0.3, 0.4) is 0 Å². The highest BCUT2D eigenvalue weighted by molar-refractivity contribution is 5.91. The molecular weight excluding hydrogens is 312 g/mol. The largest absolute Gasteiger partial charge is 0.462 e. The number of ether oxygens (including phenoxy) is 1. The molecule has 0 N–H and O–H groups in total. The Morgan fingerprint density at radius 3 is 2.84 bits per heavy atom. The average molecular weight is 342 g/mol. The Bertz CT molecular complexity index is 633. The summed E-state index contributed by atoms with van der Waals surface area (Å²) in [6, 6.07) is 0. The maximum absolute atomic E-state index is 11.9.